The first-order valence-corrected chi connectivity index (χ1v) is 5.76. The highest BCUT2D eigenvalue weighted by molar-refractivity contribution is 5.82. The molecule has 0 bridgehead atoms. The van der Waals surface area contributed by atoms with E-state index in [4.69, 9.17) is 5.73 Å². The second-order valence-corrected chi connectivity index (χ2v) is 4.62. The van der Waals surface area contributed by atoms with Gasteiger partial charge in [0.25, 0.3) is 0 Å². The number of rotatable bonds is 4. The zero-order valence-corrected chi connectivity index (χ0v) is 10.9. The molecule has 0 spiro atoms. The summed E-state index contributed by atoms with van der Waals surface area (Å²) in [5.74, 6) is 0.0179. The van der Waals surface area contributed by atoms with Crippen molar-refractivity contribution in [2.75, 3.05) is 24.2 Å². The first kappa shape index (κ1) is 13.4. The van der Waals surface area contributed by atoms with Crippen molar-refractivity contribution in [2.24, 2.45) is 0 Å². The van der Waals surface area contributed by atoms with Crippen molar-refractivity contribution in [3.8, 4) is 0 Å². The minimum atomic E-state index is 0.0179. The lowest BCUT2D eigenvalue weighted by Crippen LogP contribution is -2.38. The van der Waals surface area contributed by atoms with E-state index in [9.17, 15) is 4.79 Å². The van der Waals surface area contributed by atoms with Gasteiger partial charge >= 0.3 is 0 Å². The Morgan fingerprint density at radius 2 is 2.12 bits per heavy atom. The third-order valence-corrected chi connectivity index (χ3v) is 2.47. The van der Waals surface area contributed by atoms with Gasteiger partial charge in [-0.15, -0.1) is 0 Å². The fraction of sp³-hybridized carbons (Fsp3) is 0.462. The lowest BCUT2D eigenvalue weighted by Gasteiger charge is -2.22. The predicted molar refractivity (Wildman–Crippen MR) is 72.1 cm³/mol. The van der Waals surface area contributed by atoms with Gasteiger partial charge in [0, 0.05) is 24.5 Å². The molecule has 17 heavy (non-hydrogen) atoms. The molecule has 0 aromatic heterocycles. The van der Waals surface area contributed by atoms with Crippen LogP contribution >= 0.6 is 0 Å². The van der Waals surface area contributed by atoms with Crippen molar-refractivity contribution in [1.82, 2.24) is 5.32 Å². The highest BCUT2D eigenvalue weighted by Crippen LogP contribution is 2.21. The number of anilines is 2. The molecule has 4 heteroatoms. The third kappa shape index (κ3) is 3.98. The standard InChI is InChI=1S/C13H21N3O/c1-9(2)15-13(17)8-16(4)12-7-11(14)6-5-10(12)3/h5-7,9H,8,14H2,1-4H3,(H,15,17). The number of nitrogens with zero attached hydrogens (tertiary/aromatic N) is 1. The zero-order valence-electron chi connectivity index (χ0n) is 10.9. The quantitative estimate of drug-likeness (QED) is 0.778. The number of hydrogen-bond acceptors (Lipinski definition) is 3. The topological polar surface area (TPSA) is 58.4 Å². The van der Waals surface area contributed by atoms with E-state index in [-0.39, 0.29) is 11.9 Å². The fourth-order valence-corrected chi connectivity index (χ4v) is 1.71. The van der Waals surface area contributed by atoms with E-state index in [1.807, 2.05) is 50.9 Å². The summed E-state index contributed by atoms with van der Waals surface area (Å²) in [5, 5.41) is 2.87. The van der Waals surface area contributed by atoms with E-state index < -0.39 is 0 Å². The Balaban J connectivity index is 2.72. The molecule has 0 unspecified atom stereocenters. The predicted octanol–water partition coefficient (Wildman–Crippen LogP) is 1.54. The van der Waals surface area contributed by atoms with Crippen molar-refractivity contribution in [3.63, 3.8) is 0 Å². The average Bonchev–Trinajstić information content (AvgIpc) is 2.20. The van der Waals surface area contributed by atoms with Crippen molar-refractivity contribution in [1.29, 1.82) is 0 Å². The van der Waals surface area contributed by atoms with Gasteiger partial charge < -0.3 is 16.0 Å². The van der Waals surface area contributed by atoms with Crippen LogP contribution in [-0.4, -0.2) is 25.5 Å². The van der Waals surface area contributed by atoms with Crippen LogP contribution in [0, 0.1) is 6.92 Å². The van der Waals surface area contributed by atoms with Crippen LogP contribution in [0.4, 0.5) is 11.4 Å². The van der Waals surface area contributed by atoms with Crippen LogP contribution in [0.2, 0.25) is 0 Å². The molecule has 0 saturated heterocycles. The molecule has 0 aliphatic carbocycles. The number of nitrogens with two attached hydrogens (primary N) is 1. The number of benzene rings is 1. The summed E-state index contributed by atoms with van der Waals surface area (Å²) >= 11 is 0. The Bertz CT molecular complexity index is 402. The van der Waals surface area contributed by atoms with Crippen molar-refractivity contribution in [2.45, 2.75) is 26.8 Å². The number of nitrogen functional groups attached to an aromatic ring is 1. The molecular formula is C13H21N3O. The lowest BCUT2D eigenvalue weighted by molar-refractivity contribution is -0.120. The Morgan fingerprint density at radius 3 is 2.71 bits per heavy atom. The minimum absolute atomic E-state index is 0.0179. The van der Waals surface area contributed by atoms with E-state index in [0.29, 0.717) is 12.2 Å². The van der Waals surface area contributed by atoms with Gasteiger partial charge in [0.05, 0.1) is 6.54 Å². The van der Waals surface area contributed by atoms with Crippen LogP contribution in [0.15, 0.2) is 18.2 Å². The Morgan fingerprint density at radius 1 is 1.47 bits per heavy atom. The summed E-state index contributed by atoms with van der Waals surface area (Å²) in [6.45, 7) is 6.24. The molecule has 1 rings (SSSR count). The molecule has 1 amide bonds. The maximum absolute atomic E-state index is 11.6. The SMILES string of the molecule is Cc1ccc(N)cc1N(C)CC(=O)NC(C)C. The molecule has 0 aliphatic heterocycles. The lowest BCUT2D eigenvalue weighted by atomic mass is 10.1. The van der Waals surface area contributed by atoms with Gasteiger partial charge in [-0.3, -0.25) is 4.79 Å². The molecule has 1 aromatic rings. The molecule has 3 N–H and O–H groups in total. The van der Waals surface area contributed by atoms with Gasteiger partial charge in [0.15, 0.2) is 0 Å². The number of hydrogen-bond donors (Lipinski definition) is 2. The minimum Gasteiger partial charge on any atom is -0.399 e. The Labute approximate surface area is 103 Å². The number of carbonyl (C=O) groups excluding carboxylic acids is 1. The number of nitrogens with one attached hydrogen (secondary N) is 1. The van der Waals surface area contributed by atoms with E-state index in [0.717, 1.165) is 11.3 Å². The summed E-state index contributed by atoms with van der Waals surface area (Å²) in [7, 11) is 1.89. The second-order valence-electron chi connectivity index (χ2n) is 4.62. The first-order valence-electron chi connectivity index (χ1n) is 5.76. The summed E-state index contributed by atoms with van der Waals surface area (Å²) < 4.78 is 0. The van der Waals surface area contributed by atoms with Crippen LogP contribution in [0.3, 0.4) is 0 Å². The first-order chi connectivity index (χ1) is 7.90. The van der Waals surface area contributed by atoms with E-state index in [1.54, 1.807) is 0 Å². The number of aryl methyl sites for hydroxylation is 1. The summed E-state index contributed by atoms with van der Waals surface area (Å²) in [5.41, 5.74) is 8.56. The maximum atomic E-state index is 11.6. The van der Waals surface area contributed by atoms with Gasteiger partial charge in [0.2, 0.25) is 5.91 Å². The highest BCUT2D eigenvalue weighted by Gasteiger charge is 2.10. The van der Waals surface area contributed by atoms with Crippen LogP contribution in [0.1, 0.15) is 19.4 Å². The number of carbonyl (C=O) groups is 1. The molecule has 0 heterocycles. The normalized spacial score (nSPS) is 10.4. The molecule has 0 radical (unpaired) electrons. The molecule has 0 atom stereocenters. The molecule has 0 fully saturated rings. The molecule has 94 valence electrons. The highest BCUT2D eigenvalue weighted by atomic mass is 16.2. The van der Waals surface area contributed by atoms with Crippen molar-refractivity contribution >= 4 is 17.3 Å². The van der Waals surface area contributed by atoms with Crippen LogP contribution in [0.25, 0.3) is 0 Å². The molecule has 0 aliphatic rings. The Kier molecular flexibility index (Phi) is 4.37. The second kappa shape index (κ2) is 5.57. The zero-order chi connectivity index (χ0) is 13.0. The maximum Gasteiger partial charge on any atom is 0.239 e. The molecule has 0 saturated carbocycles. The van der Waals surface area contributed by atoms with Gasteiger partial charge in [-0.25, -0.2) is 0 Å². The van der Waals surface area contributed by atoms with Gasteiger partial charge in [0.1, 0.15) is 0 Å². The van der Waals surface area contributed by atoms with Gasteiger partial charge in [-0.1, -0.05) is 6.07 Å². The molecular weight excluding hydrogens is 214 g/mol. The summed E-state index contributed by atoms with van der Waals surface area (Å²) in [4.78, 5) is 13.6. The third-order valence-electron chi connectivity index (χ3n) is 2.47. The number of likely N-dealkylation sites (N-methyl/N-ethyl adjacent to an activating group) is 1. The Hall–Kier alpha value is -1.71. The summed E-state index contributed by atoms with van der Waals surface area (Å²) in [6.07, 6.45) is 0. The van der Waals surface area contributed by atoms with Crippen molar-refractivity contribution in [3.05, 3.63) is 23.8 Å². The smallest absolute Gasteiger partial charge is 0.239 e. The van der Waals surface area contributed by atoms with Crippen LogP contribution < -0.4 is 16.0 Å². The van der Waals surface area contributed by atoms with Crippen molar-refractivity contribution < 1.29 is 4.79 Å². The van der Waals surface area contributed by atoms with E-state index >= 15 is 0 Å². The van der Waals surface area contributed by atoms with E-state index in [2.05, 4.69) is 5.32 Å². The van der Waals surface area contributed by atoms with Gasteiger partial charge in [-0.2, -0.15) is 0 Å². The largest absolute Gasteiger partial charge is 0.399 e. The fourth-order valence-electron chi connectivity index (χ4n) is 1.71. The molecule has 1 aromatic carbocycles. The molecule has 4 nitrogen and oxygen atoms in total. The number of amides is 1. The van der Waals surface area contributed by atoms with E-state index in [1.165, 1.54) is 0 Å². The summed E-state index contributed by atoms with van der Waals surface area (Å²) in [6, 6.07) is 5.87. The monoisotopic (exact) mass is 235 g/mol. The van der Waals surface area contributed by atoms with Crippen LogP contribution in [-0.2, 0) is 4.79 Å². The van der Waals surface area contributed by atoms with Crippen LogP contribution in [0.5, 0.6) is 0 Å². The van der Waals surface area contributed by atoms with Gasteiger partial charge in [-0.05, 0) is 38.5 Å². The average molecular weight is 235 g/mol.